The van der Waals surface area contributed by atoms with E-state index in [2.05, 4.69) is 18.8 Å². The first-order valence-electron chi connectivity index (χ1n) is 8.22. The molecule has 0 saturated carbocycles. The summed E-state index contributed by atoms with van der Waals surface area (Å²) < 4.78 is 7.42. The normalized spacial score (nSPS) is 12.9. The number of aryl methyl sites for hydroxylation is 1. The molecule has 0 bridgehead atoms. The predicted octanol–water partition coefficient (Wildman–Crippen LogP) is 2.84. The summed E-state index contributed by atoms with van der Waals surface area (Å²) in [6.07, 6.45) is 4.36. The van der Waals surface area contributed by atoms with Crippen molar-refractivity contribution in [3.8, 4) is 5.75 Å². The summed E-state index contributed by atoms with van der Waals surface area (Å²) in [5.74, 6) is 1.21. The monoisotopic (exact) mass is 325 g/mol. The third-order valence-electron chi connectivity index (χ3n) is 4.22. The van der Waals surface area contributed by atoms with E-state index in [1.54, 1.807) is 30.1 Å². The first kappa shape index (κ1) is 16.5. The van der Waals surface area contributed by atoms with E-state index in [0.29, 0.717) is 23.7 Å². The lowest BCUT2D eigenvalue weighted by Gasteiger charge is -2.15. The van der Waals surface area contributed by atoms with Gasteiger partial charge >= 0.3 is 0 Å². The maximum absolute atomic E-state index is 12.6. The Hall–Kier alpha value is -2.40. The molecule has 0 spiro atoms. The molecule has 3 rings (SSSR count). The number of hydrogen-bond acceptors (Lipinski definition) is 4. The third kappa shape index (κ3) is 3.12. The molecule has 0 aliphatic rings. The Bertz CT molecular complexity index is 931. The van der Waals surface area contributed by atoms with Gasteiger partial charge in [-0.15, -0.1) is 0 Å². The number of ether oxygens (including phenoxy) is 1. The maximum atomic E-state index is 12.6. The van der Waals surface area contributed by atoms with Crippen molar-refractivity contribution in [1.29, 1.82) is 0 Å². The molecule has 5 heteroatoms. The van der Waals surface area contributed by atoms with Gasteiger partial charge in [0.15, 0.2) is 0 Å². The lowest BCUT2D eigenvalue weighted by molar-refractivity contribution is 0.271. The van der Waals surface area contributed by atoms with Crippen molar-refractivity contribution in [2.75, 3.05) is 6.61 Å². The van der Waals surface area contributed by atoms with Gasteiger partial charge in [0.2, 0.25) is 0 Å². The van der Waals surface area contributed by atoms with Crippen LogP contribution in [0.5, 0.6) is 5.75 Å². The molecule has 2 aromatic heterocycles. The Morgan fingerprint density at radius 2 is 2.00 bits per heavy atom. The molecule has 1 atom stereocenters. The fraction of sp³-hybridized carbons (Fsp3) is 0.368. The van der Waals surface area contributed by atoms with Gasteiger partial charge < -0.3 is 15.0 Å². The predicted molar refractivity (Wildman–Crippen MR) is 97.4 cm³/mol. The van der Waals surface area contributed by atoms with Crippen molar-refractivity contribution in [3.05, 3.63) is 47.0 Å². The van der Waals surface area contributed by atoms with Crippen molar-refractivity contribution in [3.63, 3.8) is 0 Å². The molecule has 24 heavy (non-hydrogen) atoms. The molecule has 5 nitrogen and oxygen atoms in total. The molecule has 0 amide bonds. The average molecular weight is 325 g/mol. The summed E-state index contributed by atoms with van der Waals surface area (Å²) in [7, 11) is 1.76. The third-order valence-corrected chi connectivity index (χ3v) is 4.22. The van der Waals surface area contributed by atoms with Crippen LogP contribution in [-0.2, 0) is 7.05 Å². The summed E-state index contributed by atoms with van der Waals surface area (Å²) in [5, 5.41) is 2.56. The lowest BCUT2D eigenvalue weighted by Crippen LogP contribution is -2.29. The molecule has 1 aromatic carbocycles. The Morgan fingerprint density at radius 1 is 1.21 bits per heavy atom. The van der Waals surface area contributed by atoms with Gasteiger partial charge in [0.1, 0.15) is 12.4 Å². The van der Waals surface area contributed by atoms with Gasteiger partial charge in [-0.3, -0.25) is 9.78 Å². The highest BCUT2D eigenvalue weighted by molar-refractivity contribution is 6.05. The van der Waals surface area contributed by atoms with Gasteiger partial charge in [0.25, 0.3) is 5.56 Å². The van der Waals surface area contributed by atoms with Crippen molar-refractivity contribution >= 4 is 21.7 Å². The van der Waals surface area contributed by atoms with E-state index < -0.39 is 0 Å². The molecule has 0 aliphatic carbocycles. The van der Waals surface area contributed by atoms with Crippen molar-refractivity contribution in [1.82, 2.24) is 9.55 Å². The van der Waals surface area contributed by atoms with Gasteiger partial charge in [-0.05, 0) is 42.0 Å². The van der Waals surface area contributed by atoms with Crippen LogP contribution in [0.1, 0.15) is 20.3 Å². The van der Waals surface area contributed by atoms with Gasteiger partial charge in [0.05, 0.1) is 17.1 Å². The number of fused-ring (bicyclic) bond motifs is 3. The van der Waals surface area contributed by atoms with Crippen LogP contribution in [0.3, 0.4) is 0 Å². The molecular weight excluding hydrogens is 302 g/mol. The van der Waals surface area contributed by atoms with Crippen LogP contribution in [0.4, 0.5) is 0 Å². The van der Waals surface area contributed by atoms with Crippen LogP contribution in [-0.4, -0.2) is 22.2 Å². The highest BCUT2D eigenvalue weighted by Gasteiger charge is 2.11. The SMILES string of the molecule is CC(C)CC(N)COc1ccc2c(c1)c(=O)n(C)c1cnccc21. The summed E-state index contributed by atoms with van der Waals surface area (Å²) in [6, 6.07) is 7.55. The first-order valence-corrected chi connectivity index (χ1v) is 8.22. The molecular formula is C19H23N3O2. The van der Waals surface area contributed by atoms with Gasteiger partial charge in [-0.2, -0.15) is 0 Å². The smallest absolute Gasteiger partial charge is 0.258 e. The van der Waals surface area contributed by atoms with Crippen LogP contribution in [0.15, 0.2) is 41.5 Å². The van der Waals surface area contributed by atoms with E-state index in [0.717, 1.165) is 22.7 Å². The molecule has 0 fully saturated rings. The fourth-order valence-corrected chi connectivity index (χ4v) is 3.07. The minimum atomic E-state index is -0.0533. The lowest BCUT2D eigenvalue weighted by atomic mass is 10.1. The van der Waals surface area contributed by atoms with Crippen LogP contribution in [0.2, 0.25) is 0 Å². The number of hydrogen-bond donors (Lipinski definition) is 1. The molecule has 3 aromatic rings. The Balaban J connectivity index is 1.98. The van der Waals surface area contributed by atoms with E-state index in [-0.39, 0.29) is 11.6 Å². The first-order chi connectivity index (χ1) is 11.5. The number of nitrogens with two attached hydrogens (primary N) is 1. The molecule has 2 N–H and O–H groups in total. The standard InChI is InChI=1S/C19H23N3O2/c1-12(2)8-13(20)11-24-14-4-5-15-16-6-7-21-10-18(16)22(3)19(23)17(15)9-14/h4-7,9-10,12-13H,8,11,20H2,1-3H3. The van der Waals surface area contributed by atoms with Crippen LogP contribution in [0, 0.1) is 5.92 Å². The van der Waals surface area contributed by atoms with E-state index in [1.165, 1.54) is 0 Å². The Labute approximate surface area is 141 Å². The highest BCUT2D eigenvalue weighted by Crippen LogP contribution is 2.25. The Kier molecular flexibility index (Phi) is 4.53. The highest BCUT2D eigenvalue weighted by atomic mass is 16.5. The molecule has 126 valence electrons. The van der Waals surface area contributed by atoms with Crippen LogP contribution in [0.25, 0.3) is 21.7 Å². The van der Waals surface area contributed by atoms with Crippen molar-refractivity contribution < 1.29 is 4.74 Å². The second-order valence-corrected chi connectivity index (χ2v) is 6.67. The molecule has 2 heterocycles. The topological polar surface area (TPSA) is 70.1 Å². The average Bonchev–Trinajstić information content (AvgIpc) is 2.57. The zero-order valence-corrected chi connectivity index (χ0v) is 14.3. The van der Waals surface area contributed by atoms with Gasteiger partial charge in [-0.25, -0.2) is 0 Å². The van der Waals surface area contributed by atoms with Crippen LogP contribution < -0.4 is 16.0 Å². The summed E-state index contributed by atoms with van der Waals surface area (Å²) >= 11 is 0. The number of benzene rings is 1. The Morgan fingerprint density at radius 3 is 2.75 bits per heavy atom. The number of aromatic nitrogens is 2. The molecule has 0 aliphatic heterocycles. The number of nitrogens with zero attached hydrogens (tertiary/aromatic N) is 2. The second kappa shape index (κ2) is 6.61. The minimum absolute atomic E-state index is 0.00814. The summed E-state index contributed by atoms with van der Waals surface area (Å²) in [5.41, 5.74) is 6.83. The van der Waals surface area contributed by atoms with Gasteiger partial charge in [0, 0.05) is 24.7 Å². The fourth-order valence-electron chi connectivity index (χ4n) is 3.07. The quantitative estimate of drug-likeness (QED) is 0.732. The zero-order chi connectivity index (χ0) is 17.3. The second-order valence-electron chi connectivity index (χ2n) is 6.67. The molecule has 0 saturated heterocycles. The van der Waals surface area contributed by atoms with E-state index in [1.807, 2.05) is 18.2 Å². The number of pyridine rings is 2. The number of rotatable bonds is 5. The van der Waals surface area contributed by atoms with E-state index in [4.69, 9.17) is 10.5 Å². The summed E-state index contributed by atoms with van der Waals surface area (Å²) in [6.45, 7) is 4.72. The zero-order valence-electron chi connectivity index (χ0n) is 14.3. The molecule has 0 radical (unpaired) electrons. The van der Waals surface area contributed by atoms with Crippen LogP contribution >= 0.6 is 0 Å². The van der Waals surface area contributed by atoms with E-state index >= 15 is 0 Å². The minimum Gasteiger partial charge on any atom is -0.492 e. The van der Waals surface area contributed by atoms with E-state index in [9.17, 15) is 4.79 Å². The van der Waals surface area contributed by atoms with Crippen molar-refractivity contribution in [2.24, 2.45) is 18.7 Å². The largest absolute Gasteiger partial charge is 0.492 e. The van der Waals surface area contributed by atoms with Crippen molar-refractivity contribution in [2.45, 2.75) is 26.3 Å². The molecule has 1 unspecified atom stereocenters. The summed E-state index contributed by atoms with van der Waals surface area (Å²) in [4.78, 5) is 16.7. The van der Waals surface area contributed by atoms with Gasteiger partial charge in [-0.1, -0.05) is 13.8 Å². The maximum Gasteiger partial charge on any atom is 0.258 e.